The molecule has 4 rings (SSSR count). The molecule has 7 heteroatoms. The summed E-state index contributed by atoms with van der Waals surface area (Å²) in [6, 6.07) is 10.9. The highest BCUT2D eigenvalue weighted by Crippen LogP contribution is 2.27. The van der Waals surface area contributed by atoms with Crippen LogP contribution in [0.3, 0.4) is 0 Å². The maximum Gasteiger partial charge on any atom is 0.230 e. The lowest BCUT2D eigenvalue weighted by atomic mass is 9.95. The summed E-state index contributed by atoms with van der Waals surface area (Å²) in [6.45, 7) is 3.70. The summed E-state index contributed by atoms with van der Waals surface area (Å²) in [7, 11) is 0. The predicted molar refractivity (Wildman–Crippen MR) is 119 cm³/mol. The molecule has 2 heterocycles. The first-order valence-corrected chi connectivity index (χ1v) is 11.6. The van der Waals surface area contributed by atoms with Gasteiger partial charge in [-0.1, -0.05) is 49.2 Å². The summed E-state index contributed by atoms with van der Waals surface area (Å²) in [6.07, 6.45) is 9.41. The molecule has 6 nitrogen and oxygen atoms in total. The molecule has 1 aliphatic heterocycles. The van der Waals surface area contributed by atoms with Gasteiger partial charge in [0.05, 0.1) is 5.75 Å². The smallest absolute Gasteiger partial charge is 0.230 e. The van der Waals surface area contributed by atoms with Gasteiger partial charge >= 0.3 is 0 Å². The Morgan fingerprint density at radius 3 is 2.41 bits per heavy atom. The lowest BCUT2D eigenvalue weighted by Gasteiger charge is -2.37. The van der Waals surface area contributed by atoms with Crippen molar-refractivity contribution in [1.82, 2.24) is 15.3 Å². The minimum Gasteiger partial charge on any atom is -0.368 e. The van der Waals surface area contributed by atoms with Crippen LogP contribution in [-0.2, 0) is 4.79 Å². The molecule has 0 atom stereocenters. The number of rotatable bonds is 6. The van der Waals surface area contributed by atoms with Crippen molar-refractivity contribution in [3.63, 3.8) is 0 Å². The second-order valence-electron chi connectivity index (χ2n) is 7.69. The Morgan fingerprint density at radius 1 is 0.966 bits per heavy atom. The van der Waals surface area contributed by atoms with Crippen molar-refractivity contribution < 1.29 is 4.79 Å². The van der Waals surface area contributed by atoms with E-state index >= 15 is 0 Å². The van der Waals surface area contributed by atoms with Crippen LogP contribution in [0.2, 0.25) is 0 Å². The molecule has 2 aromatic rings. The monoisotopic (exact) mass is 411 g/mol. The van der Waals surface area contributed by atoms with Crippen molar-refractivity contribution in [2.75, 3.05) is 41.7 Å². The van der Waals surface area contributed by atoms with Crippen LogP contribution in [-0.4, -0.2) is 53.8 Å². The summed E-state index contributed by atoms with van der Waals surface area (Å²) in [5.74, 6) is 1.40. The topological polar surface area (TPSA) is 61.4 Å². The second kappa shape index (κ2) is 9.96. The molecule has 1 amide bonds. The molecule has 1 saturated heterocycles. The summed E-state index contributed by atoms with van der Waals surface area (Å²) in [4.78, 5) is 26.2. The summed E-state index contributed by atoms with van der Waals surface area (Å²) in [5, 5.41) is 4.03. The van der Waals surface area contributed by atoms with Gasteiger partial charge in [0.1, 0.15) is 5.03 Å². The average Bonchev–Trinajstić information content (AvgIpc) is 2.79. The van der Waals surface area contributed by atoms with Crippen LogP contribution < -0.4 is 15.1 Å². The number of nitrogens with zero attached hydrogens (tertiary/aromatic N) is 4. The highest BCUT2D eigenvalue weighted by atomic mass is 32.2. The molecule has 1 aliphatic carbocycles. The molecule has 1 aromatic heterocycles. The van der Waals surface area contributed by atoms with Crippen LogP contribution in [0.15, 0.2) is 47.8 Å². The third kappa shape index (κ3) is 5.41. The normalized spacial score (nSPS) is 17.9. The minimum atomic E-state index is 0.104. The predicted octanol–water partition coefficient (Wildman–Crippen LogP) is 3.34. The van der Waals surface area contributed by atoms with E-state index in [1.807, 2.05) is 6.07 Å². The van der Waals surface area contributed by atoms with Crippen LogP contribution in [0, 0.1) is 0 Å². The largest absolute Gasteiger partial charge is 0.368 e. The van der Waals surface area contributed by atoms with E-state index in [9.17, 15) is 4.79 Å². The third-order valence-corrected chi connectivity index (χ3v) is 6.63. The molecular formula is C22H29N5OS. The number of aromatic nitrogens is 2. The van der Waals surface area contributed by atoms with E-state index in [0.717, 1.165) is 49.9 Å². The van der Waals surface area contributed by atoms with Gasteiger partial charge in [0.15, 0.2) is 5.82 Å². The zero-order valence-corrected chi connectivity index (χ0v) is 17.6. The number of anilines is 2. The van der Waals surface area contributed by atoms with Crippen LogP contribution in [0.1, 0.15) is 32.1 Å². The molecule has 29 heavy (non-hydrogen) atoms. The maximum absolute atomic E-state index is 12.4. The van der Waals surface area contributed by atoms with Gasteiger partial charge in [0.25, 0.3) is 0 Å². The zero-order valence-electron chi connectivity index (χ0n) is 16.8. The molecule has 154 valence electrons. The molecule has 2 aliphatic rings. The number of thioether (sulfide) groups is 1. The summed E-state index contributed by atoms with van der Waals surface area (Å²) < 4.78 is 0. The van der Waals surface area contributed by atoms with Gasteiger partial charge in [0.2, 0.25) is 5.91 Å². The molecule has 2 fully saturated rings. The molecular weight excluding hydrogens is 382 g/mol. The van der Waals surface area contributed by atoms with Gasteiger partial charge in [-0.05, 0) is 25.0 Å². The van der Waals surface area contributed by atoms with Gasteiger partial charge in [-0.25, -0.2) is 9.97 Å². The number of amides is 1. The first kappa shape index (κ1) is 20.0. The quantitative estimate of drug-likeness (QED) is 0.736. The fraction of sp³-hybridized carbons (Fsp3) is 0.500. The Hall–Kier alpha value is -2.28. The third-order valence-electron chi connectivity index (χ3n) is 5.66. The van der Waals surface area contributed by atoms with E-state index in [4.69, 9.17) is 0 Å². The van der Waals surface area contributed by atoms with Crippen molar-refractivity contribution >= 4 is 29.2 Å². The SMILES string of the molecule is O=C(CSc1nccnc1N1CCN(c2ccccc2)CC1)NC1CCCCC1. The van der Waals surface area contributed by atoms with E-state index in [1.54, 1.807) is 12.4 Å². The Morgan fingerprint density at radius 2 is 1.66 bits per heavy atom. The summed E-state index contributed by atoms with van der Waals surface area (Å²) >= 11 is 1.49. The fourth-order valence-electron chi connectivity index (χ4n) is 4.10. The van der Waals surface area contributed by atoms with Crippen LogP contribution in [0.25, 0.3) is 0 Å². The van der Waals surface area contributed by atoms with E-state index in [0.29, 0.717) is 11.8 Å². The van der Waals surface area contributed by atoms with Crippen molar-refractivity contribution in [3.8, 4) is 0 Å². The highest BCUT2D eigenvalue weighted by Gasteiger charge is 2.22. The number of hydrogen-bond acceptors (Lipinski definition) is 6. The van der Waals surface area contributed by atoms with Crippen molar-refractivity contribution in [1.29, 1.82) is 0 Å². The Bertz CT molecular complexity index is 789. The number of para-hydroxylation sites is 1. The van der Waals surface area contributed by atoms with Gasteiger partial charge in [0, 0.05) is 50.3 Å². The standard InChI is InChI=1S/C22H29N5OS/c28-20(25-18-7-3-1-4-8-18)17-29-22-21(23-11-12-24-22)27-15-13-26(14-16-27)19-9-5-2-6-10-19/h2,5-6,9-12,18H,1,3-4,7-8,13-17H2,(H,25,28). The van der Waals surface area contributed by atoms with E-state index in [1.165, 1.54) is 36.7 Å². The number of hydrogen-bond donors (Lipinski definition) is 1. The number of carbonyl (C=O) groups excluding carboxylic acids is 1. The van der Waals surface area contributed by atoms with Gasteiger partial charge in [-0.15, -0.1) is 0 Å². The second-order valence-corrected chi connectivity index (χ2v) is 8.65. The molecule has 0 spiro atoms. The Labute approximate surface area is 177 Å². The molecule has 1 aromatic carbocycles. The van der Waals surface area contributed by atoms with Crippen LogP contribution in [0.4, 0.5) is 11.5 Å². The molecule has 1 saturated carbocycles. The van der Waals surface area contributed by atoms with E-state index in [-0.39, 0.29) is 5.91 Å². The fourth-order valence-corrected chi connectivity index (χ4v) is 4.90. The minimum absolute atomic E-state index is 0.104. The van der Waals surface area contributed by atoms with E-state index in [2.05, 4.69) is 49.4 Å². The van der Waals surface area contributed by atoms with Crippen LogP contribution >= 0.6 is 11.8 Å². The molecule has 0 bridgehead atoms. The van der Waals surface area contributed by atoms with E-state index < -0.39 is 0 Å². The Kier molecular flexibility index (Phi) is 6.87. The zero-order chi connectivity index (χ0) is 19.9. The maximum atomic E-state index is 12.4. The first-order chi connectivity index (χ1) is 14.3. The van der Waals surface area contributed by atoms with Gasteiger partial charge in [-0.2, -0.15) is 0 Å². The Balaban J connectivity index is 1.32. The number of piperazine rings is 1. The van der Waals surface area contributed by atoms with Crippen LogP contribution in [0.5, 0.6) is 0 Å². The molecule has 1 N–H and O–H groups in total. The molecule has 0 unspecified atom stereocenters. The van der Waals surface area contributed by atoms with Gasteiger partial charge in [-0.3, -0.25) is 4.79 Å². The summed E-state index contributed by atoms with van der Waals surface area (Å²) in [5.41, 5.74) is 1.26. The van der Waals surface area contributed by atoms with Crippen molar-refractivity contribution in [2.24, 2.45) is 0 Å². The lowest BCUT2D eigenvalue weighted by molar-refractivity contribution is -0.119. The number of carbonyl (C=O) groups is 1. The lowest BCUT2D eigenvalue weighted by Crippen LogP contribution is -2.47. The van der Waals surface area contributed by atoms with Crippen molar-refractivity contribution in [2.45, 2.75) is 43.2 Å². The average molecular weight is 412 g/mol. The number of benzene rings is 1. The number of nitrogens with one attached hydrogen (secondary N) is 1. The molecule has 0 radical (unpaired) electrons. The first-order valence-electron chi connectivity index (χ1n) is 10.6. The van der Waals surface area contributed by atoms with Gasteiger partial charge < -0.3 is 15.1 Å². The van der Waals surface area contributed by atoms with Crippen molar-refractivity contribution in [3.05, 3.63) is 42.7 Å². The highest BCUT2D eigenvalue weighted by molar-refractivity contribution is 8.00.